The summed E-state index contributed by atoms with van der Waals surface area (Å²) in [6.07, 6.45) is 4.66. The maximum absolute atomic E-state index is 9.10. The molecule has 2 aromatic heterocycles. The fourth-order valence-corrected chi connectivity index (χ4v) is 4.56. The fourth-order valence-electron chi connectivity index (χ4n) is 3.28. The van der Waals surface area contributed by atoms with E-state index in [1.807, 2.05) is 11.3 Å². The Balaban J connectivity index is 0.000000286. The molecule has 2 aromatic rings. The van der Waals surface area contributed by atoms with E-state index >= 15 is 0 Å². The lowest BCUT2D eigenvalue weighted by Crippen LogP contribution is -2.44. The first-order valence-electron chi connectivity index (χ1n) is 8.74. The van der Waals surface area contributed by atoms with Crippen LogP contribution in [0.1, 0.15) is 29.6 Å². The Bertz CT molecular complexity index is 818. The molecule has 0 atom stereocenters. The van der Waals surface area contributed by atoms with Crippen molar-refractivity contribution < 1.29 is 19.8 Å². The second-order valence-electron chi connectivity index (χ2n) is 6.20. The number of aryl methyl sites for hydroxylation is 3. The van der Waals surface area contributed by atoms with Crippen LogP contribution in [-0.2, 0) is 28.9 Å². The van der Waals surface area contributed by atoms with E-state index in [2.05, 4.69) is 17.1 Å². The summed E-state index contributed by atoms with van der Waals surface area (Å²) in [7, 11) is 0. The van der Waals surface area contributed by atoms with Crippen LogP contribution in [0, 0.1) is 0 Å². The first kappa shape index (κ1) is 18.5. The summed E-state index contributed by atoms with van der Waals surface area (Å²) in [5.74, 6) is -1.45. The smallest absolute Gasteiger partial charge is 0.414 e. The van der Waals surface area contributed by atoms with Crippen molar-refractivity contribution in [3.8, 4) is 0 Å². The Morgan fingerprint density at radius 3 is 2.46 bits per heavy atom. The monoisotopic (exact) mass is 378 g/mol. The van der Waals surface area contributed by atoms with E-state index in [0.29, 0.717) is 0 Å². The summed E-state index contributed by atoms with van der Waals surface area (Å²) in [6, 6.07) is 0. The molecule has 0 bridgehead atoms. The maximum atomic E-state index is 9.10. The number of aromatic nitrogens is 2. The number of fused-ring (bicyclic) bond motifs is 3. The van der Waals surface area contributed by atoms with Gasteiger partial charge in [-0.25, -0.2) is 19.6 Å². The van der Waals surface area contributed by atoms with Crippen LogP contribution in [0.5, 0.6) is 0 Å². The zero-order chi connectivity index (χ0) is 18.7. The van der Waals surface area contributed by atoms with Crippen molar-refractivity contribution >= 4 is 39.3 Å². The van der Waals surface area contributed by atoms with Crippen molar-refractivity contribution in [2.75, 3.05) is 31.1 Å². The van der Waals surface area contributed by atoms with E-state index < -0.39 is 11.9 Å². The third-order valence-electron chi connectivity index (χ3n) is 4.51. The number of rotatable bonds is 2. The summed E-state index contributed by atoms with van der Waals surface area (Å²) in [5, 5.41) is 19.6. The zero-order valence-corrected chi connectivity index (χ0v) is 15.4. The number of nitrogens with one attached hydrogen (secondary N) is 1. The summed E-state index contributed by atoms with van der Waals surface area (Å²) < 4.78 is 0. The molecule has 0 aromatic carbocycles. The van der Waals surface area contributed by atoms with Crippen molar-refractivity contribution in [1.29, 1.82) is 0 Å². The third kappa shape index (κ3) is 3.78. The number of carbonyl (C=O) groups is 2. The predicted molar refractivity (Wildman–Crippen MR) is 99.2 cm³/mol. The highest BCUT2D eigenvalue weighted by Crippen LogP contribution is 2.40. The van der Waals surface area contributed by atoms with Gasteiger partial charge in [-0.05, 0) is 24.8 Å². The van der Waals surface area contributed by atoms with Gasteiger partial charge in [-0.2, -0.15) is 0 Å². The van der Waals surface area contributed by atoms with E-state index in [-0.39, 0.29) is 0 Å². The molecule has 8 nitrogen and oxygen atoms in total. The second kappa shape index (κ2) is 7.96. The highest BCUT2D eigenvalue weighted by molar-refractivity contribution is 7.19. The quantitative estimate of drug-likeness (QED) is 0.670. The minimum absolute atomic E-state index is 0.914. The Morgan fingerprint density at radius 1 is 1.15 bits per heavy atom. The molecule has 1 aliphatic carbocycles. The lowest BCUT2D eigenvalue weighted by Gasteiger charge is -2.29. The Morgan fingerprint density at radius 2 is 1.85 bits per heavy atom. The summed E-state index contributed by atoms with van der Waals surface area (Å²) in [6.45, 7) is 6.36. The van der Waals surface area contributed by atoms with Crippen LogP contribution in [0.3, 0.4) is 0 Å². The van der Waals surface area contributed by atoms with Gasteiger partial charge in [0.15, 0.2) is 0 Å². The van der Waals surface area contributed by atoms with E-state index in [4.69, 9.17) is 29.8 Å². The van der Waals surface area contributed by atoms with Crippen LogP contribution >= 0.6 is 11.3 Å². The molecule has 1 aliphatic heterocycles. The molecule has 9 heteroatoms. The number of hydrogen-bond donors (Lipinski definition) is 3. The predicted octanol–water partition coefficient (Wildman–Crippen LogP) is 1.31. The second-order valence-corrected chi connectivity index (χ2v) is 7.29. The molecule has 4 rings (SSSR count). The van der Waals surface area contributed by atoms with Gasteiger partial charge in [0, 0.05) is 37.5 Å². The minimum Gasteiger partial charge on any atom is -0.473 e. The number of aliphatic carboxylic acids is 2. The first-order chi connectivity index (χ1) is 12.5. The highest BCUT2D eigenvalue weighted by Gasteiger charge is 2.25. The molecule has 2 aliphatic rings. The molecule has 0 radical (unpaired) electrons. The Kier molecular flexibility index (Phi) is 5.67. The molecule has 0 spiro atoms. The van der Waals surface area contributed by atoms with Gasteiger partial charge in [-0.1, -0.05) is 6.92 Å². The number of nitrogens with zero attached hydrogens (tertiary/aromatic N) is 3. The largest absolute Gasteiger partial charge is 0.473 e. The van der Waals surface area contributed by atoms with Gasteiger partial charge in [0.1, 0.15) is 16.5 Å². The van der Waals surface area contributed by atoms with Crippen molar-refractivity contribution in [1.82, 2.24) is 15.3 Å². The first-order valence-corrected chi connectivity index (χ1v) is 9.56. The van der Waals surface area contributed by atoms with E-state index in [9.17, 15) is 0 Å². The molecule has 3 N–H and O–H groups in total. The van der Waals surface area contributed by atoms with Gasteiger partial charge >= 0.3 is 11.9 Å². The number of piperazine rings is 1. The van der Waals surface area contributed by atoms with E-state index in [0.717, 1.165) is 38.4 Å². The third-order valence-corrected chi connectivity index (χ3v) is 5.69. The Hall–Kier alpha value is -2.26. The summed E-state index contributed by atoms with van der Waals surface area (Å²) >= 11 is 1.90. The molecule has 0 unspecified atom stereocenters. The average molecular weight is 378 g/mol. The molecule has 26 heavy (non-hydrogen) atoms. The van der Waals surface area contributed by atoms with Gasteiger partial charge < -0.3 is 20.4 Å². The summed E-state index contributed by atoms with van der Waals surface area (Å²) in [5.41, 5.74) is 1.54. The normalized spacial score (nSPS) is 16.1. The van der Waals surface area contributed by atoms with Crippen LogP contribution < -0.4 is 10.2 Å². The maximum Gasteiger partial charge on any atom is 0.414 e. The van der Waals surface area contributed by atoms with Crippen LogP contribution in [0.15, 0.2) is 0 Å². The highest BCUT2D eigenvalue weighted by atomic mass is 32.1. The number of carboxylic acids is 2. The van der Waals surface area contributed by atoms with Crippen molar-refractivity contribution in [3.63, 3.8) is 0 Å². The molecular formula is C17H22N4O4S. The molecule has 1 saturated heterocycles. The molecule has 3 heterocycles. The van der Waals surface area contributed by atoms with Gasteiger partial charge in [0.05, 0.1) is 5.39 Å². The number of hydrogen-bond acceptors (Lipinski definition) is 7. The van der Waals surface area contributed by atoms with Crippen molar-refractivity contribution in [2.24, 2.45) is 0 Å². The van der Waals surface area contributed by atoms with E-state index in [1.165, 1.54) is 35.3 Å². The Labute approximate surface area is 154 Å². The molecule has 0 saturated carbocycles. The number of anilines is 1. The fraction of sp³-hybridized carbons (Fsp3) is 0.529. The minimum atomic E-state index is -1.82. The van der Waals surface area contributed by atoms with Gasteiger partial charge in [0.25, 0.3) is 0 Å². The molecule has 0 amide bonds. The molecule has 1 fully saturated rings. The van der Waals surface area contributed by atoms with Crippen LogP contribution in [0.4, 0.5) is 5.82 Å². The zero-order valence-electron chi connectivity index (χ0n) is 14.6. The standard InChI is InChI=1S/C15H20N4S.C2H2O4/c1-2-12-17-14(19-8-6-16-7-9-19)13-10-4-3-5-11(10)20-15(13)18-12;3-1(4)2(5)6/h16H,2-9H2,1H3;(H,3,4)(H,5,6). The lowest BCUT2D eigenvalue weighted by atomic mass is 10.1. The lowest BCUT2D eigenvalue weighted by molar-refractivity contribution is -0.159. The van der Waals surface area contributed by atoms with Gasteiger partial charge in [-0.15, -0.1) is 11.3 Å². The number of thiophene rings is 1. The topological polar surface area (TPSA) is 116 Å². The van der Waals surface area contributed by atoms with Gasteiger partial charge in [-0.3, -0.25) is 0 Å². The van der Waals surface area contributed by atoms with Crippen LogP contribution in [-0.4, -0.2) is 58.3 Å². The molecule has 140 valence electrons. The van der Waals surface area contributed by atoms with Crippen molar-refractivity contribution in [2.45, 2.75) is 32.6 Å². The van der Waals surface area contributed by atoms with Gasteiger partial charge in [0.2, 0.25) is 0 Å². The van der Waals surface area contributed by atoms with E-state index in [1.54, 1.807) is 10.4 Å². The van der Waals surface area contributed by atoms with Crippen LogP contribution in [0.2, 0.25) is 0 Å². The average Bonchev–Trinajstić information content (AvgIpc) is 3.22. The van der Waals surface area contributed by atoms with Crippen molar-refractivity contribution in [3.05, 3.63) is 16.3 Å². The SMILES string of the molecule is CCc1nc(N2CCNCC2)c2c3c(sc2n1)CCC3.O=C(O)C(=O)O. The number of carboxylic acid groups (broad SMARTS) is 2. The molecular weight excluding hydrogens is 356 g/mol. The van der Waals surface area contributed by atoms with Crippen LogP contribution in [0.25, 0.3) is 10.2 Å². The summed E-state index contributed by atoms with van der Waals surface area (Å²) in [4.78, 5) is 33.1.